The topological polar surface area (TPSA) is 37.3 Å². The van der Waals surface area contributed by atoms with E-state index in [1.165, 1.54) is 0 Å². The molecule has 0 bridgehead atoms. The molecule has 4 heteroatoms. The number of halogens is 2. The largest absolute Gasteiger partial charge is 0.481 e. The summed E-state index contributed by atoms with van der Waals surface area (Å²) in [6.07, 6.45) is 10.1. The van der Waals surface area contributed by atoms with E-state index in [0.29, 0.717) is 5.03 Å². The fraction of sp³-hybridized carbons (Fsp3) is 0.667. The second-order valence-corrected chi connectivity index (χ2v) is 6.22. The Morgan fingerprint density at radius 1 is 1.47 bits per heavy atom. The molecule has 1 rings (SSSR count). The number of hydrogen-bond donors (Lipinski definition) is 1. The van der Waals surface area contributed by atoms with Gasteiger partial charge in [-0.15, -0.1) is 11.6 Å². The van der Waals surface area contributed by atoms with Gasteiger partial charge >= 0.3 is 5.97 Å². The molecule has 3 atom stereocenters. The van der Waals surface area contributed by atoms with Gasteiger partial charge < -0.3 is 5.11 Å². The minimum atomic E-state index is -0.903. The SMILES string of the molecule is CCCCCC(CC)C1(Cl)C=C(Cl)C=CC1C(=O)O. The van der Waals surface area contributed by atoms with E-state index in [2.05, 4.69) is 13.8 Å². The number of unbranched alkanes of at least 4 members (excludes halogenated alkanes) is 2. The molecular formula is C15H22Cl2O2. The van der Waals surface area contributed by atoms with Crippen LogP contribution < -0.4 is 0 Å². The molecule has 1 aliphatic rings. The second kappa shape index (κ2) is 7.35. The molecule has 1 aliphatic carbocycles. The van der Waals surface area contributed by atoms with Gasteiger partial charge in [0.1, 0.15) is 0 Å². The standard InChI is InChI=1S/C15H22Cl2O2/c1-3-5-6-7-11(4-2)15(17)10-12(16)8-9-13(15)14(18)19/h8-11,13H,3-7H2,1-2H3,(H,18,19). The third-order valence-electron chi connectivity index (χ3n) is 3.82. The molecule has 0 aliphatic heterocycles. The molecule has 0 fully saturated rings. The van der Waals surface area contributed by atoms with E-state index in [-0.39, 0.29) is 5.92 Å². The van der Waals surface area contributed by atoms with Crippen molar-refractivity contribution in [3.63, 3.8) is 0 Å². The lowest BCUT2D eigenvalue weighted by atomic mass is 9.74. The third kappa shape index (κ3) is 4.00. The number of hydrogen-bond acceptors (Lipinski definition) is 1. The van der Waals surface area contributed by atoms with Crippen LogP contribution in [0.1, 0.15) is 46.0 Å². The van der Waals surface area contributed by atoms with Crippen molar-refractivity contribution in [2.24, 2.45) is 11.8 Å². The Balaban J connectivity index is 2.94. The van der Waals surface area contributed by atoms with E-state index in [1.54, 1.807) is 18.2 Å². The maximum absolute atomic E-state index is 11.4. The fourth-order valence-electron chi connectivity index (χ4n) is 2.71. The minimum Gasteiger partial charge on any atom is -0.481 e. The van der Waals surface area contributed by atoms with Gasteiger partial charge in [0.25, 0.3) is 0 Å². The molecule has 108 valence electrons. The Kier molecular flexibility index (Phi) is 6.41. The highest BCUT2D eigenvalue weighted by Gasteiger charge is 2.45. The van der Waals surface area contributed by atoms with Crippen LogP contribution in [0.3, 0.4) is 0 Å². The van der Waals surface area contributed by atoms with Crippen molar-refractivity contribution in [3.8, 4) is 0 Å². The Morgan fingerprint density at radius 3 is 2.68 bits per heavy atom. The van der Waals surface area contributed by atoms with Gasteiger partial charge in [0.05, 0.1) is 10.8 Å². The van der Waals surface area contributed by atoms with Crippen LogP contribution in [-0.4, -0.2) is 16.0 Å². The van der Waals surface area contributed by atoms with Crippen LogP contribution in [0, 0.1) is 11.8 Å². The van der Waals surface area contributed by atoms with E-state index >= 15 is 0 Å². The zero-order chi connectivity index (χ0) is 14.5. The highest BCUT2D eigenvalue weighted by Crippen LogP contribution is 2.44. The van der Waals surface area contributed by atoms with Crippen LogP contribution in [-0.2, 0) is 4.79 Å². The smallest absolute Gasteiger partial charge is 0.312 e. The van der Waals surface area contributed by atoms with Crippen LogP contribution in [0.15, 0.2) is 23.3 Å². The molecule has 19 heavy (non-hydrogen) atoms. The fourth-order valence-corrected chi connectivity index (χ4v) is 3.56. The summed E-state index contributed by atoms with van der Waals surface area (Å²) < 4.78 is 0. The van der Waals surface area contributed by atoms with E-state index < -0.39 is 16.8 Å². The normalized spacial score (nSPS) is 28.0. The van der Waals surface area contributed by atoms with E-state index in [4.69, 9.17) is 23.2 Å². The molecule has 1 N–H and O–H groups in total. The predicted octanol–water partition coefficient (Wildman–Crippen LogP) is 4.96. The zero-order valence-corrected chi connectivity index (χ0v) is 13.0. The molecule has 0 spiro atoms. The van der Waals surface area contributed by atoms with Crippen LogP contribution in [0.25, 0.3) is 0 Å². The van der Waals surface area contributed by atoms with E-state index in [1.807, 2.05) is 0 Å². The zero-order valence-electron chi connectivity index (χ0n) is 11.5. The Labute approximate surface area is 125 Å². The molecule has 0 amide bonds. The molecule has 0 aromatic heterocycles. The number of carbonyl (C=O) groups is 1. The highest BCUT2D eigenvalue weighted by molar-refractivity contribution is 6.34. The van der Waals surface area contributed by atoms with Gasteiger partial charge in [-0.2, -0.15) is 0 Å². The van der Waals surface area contributed by atoms with Gasteiger partial charge in [-0.1, -0.05) is 57.2 Å². The minimum absolute atomic E-state index is 0.125. The van der Waals surface area contributed by atoms with Crippen molar-refractivity contribution >= 4 is 29.2 Å². The van der Waals surface area contributed by atoms with E-state index in [0.717, 1.165) is 32.1 Å². The summed E-state index contributed by atoms with van der Waals surface area (Å²) in [5.74, 6) is -1.47. The molecule has 2 nitrogen and oxygen atoms in total. The summed E-state index contributed by atoms with van der Waals surface area (Å²) in [5, 5.41) is 9.90. The van der Waals surface area contributed by atoms with Crippen molar-refractivity contribution in [1.29, 1.82) is 0 Å². The highest BCUT2D eigenvalue weighted by atomic mass is 35.5. The number of alkyl halides is 1. The number of rotatable bonds is 7. The lowest BCUT2D eigenvalue weighted by Gasteiger charge is -2.38. The Bertz CT molecular complexity index is 376. The number of allylic oxidation sites excluding steroid dienone is 3. The number of carboxylic acids is 1. The maximum Gasteiger partial charge on any atom is 0.312 e. The molecule has 0 saturated carbocycles. The third-order valence-corrected chi connectivity index (χ3v) is 4.71. The quantitative estimate of drug-likeness (QED) is 0.533. The first-order chi connectivity index (χ1) is 8.95. The molecular weight excluding hydrogens is 283 g/mol. The molecule has 0 heterocycles. The average molecular weight is 305 g/mol. The van der Waals surface area contributed by atoms with Crippen molar-refractivity contribution < 1.29 is 9.90 Å². The monoisotopic (exact) mass is 304 g/mol. The van der Waals surface area contributed by atoms with Gasteiger partial charge in [0, 0.05) is 5.03 Å². The summed E-state index contributed by atoms with van der Waals surface area (Å²) in [6, 6.07) is 0. The second-order valence-electron chi connectivity index (χ2n) is 5.13. The van der Waals surface area contributed by atoms with Gasteiger partial charge in [-0.25, -0.2) is 0 Å². The van der Waals surface area contributed by atoms with Crippen LogP contribution in [0.2, 0.25) is 0 Å². The number of carboxylic acid groups (broad SMARTS) is 1. The van der Waals surface area contributed by atoms with E-state index in [9.17, 15) is 9.90 Å². The lowest BCUT2D eigenvalue weighted by Crippen LogP contribution is -2.42. The summed E-state index contributed by atoms with van der Waals surface area (Å²) in [7, 11) is 0. The van der Waals surface area contributed by atoms with Crippen molar-refractivity contribution in [2.45, 2.75) is 50.8 Å². The first kappa shape index (κ1) is 16.6. The summed E-state index contributed by atoms with van der Waals surface area (Å²) >= 11 is 12.7. The summed E-state index contributed by atoms with van der Waals surface area (Å²) in [6.45, 7) is 4.21. The summed E-state index contributed by atoms with van der Waals surface area (Å²) in [4.78, 5) is 10.5. The lowest BCUT2D eigenvalue weighted by molar-refractivity contribution is -0.141. The van der Waals surface area contributed by atoms with Crippen LogP contribution >= 0.6 is 23.2 Å². The van der Waals surface area contributed by atoms with Gasteiger partial charge in [-0.3, -0.25) is 4.79 Å². The predicted molar refractivity (Wildman–Crippen MR) is 80.7 cm³/mol. The van der Waals surface area contributed by atoms with Crippen molar-refractivity contribution in [1.82, 2.24) is 0 Å². The first-order valence-corrected chi connectivity index (χ1v) is 7.69. The van der Waals surface area contributed by atoms with Gasteiger partial charge in [0.2, 0.25) is 0 Å². The van der Waals surface area contributed by atoms with Crippen molar-refractivity contribution in [3.05, 3.63) is 23.3 Å². The van der Waals surface area contributed by atoms with Gasteiger partial charge in [0.15, 0.2) is 0 Å². The number of aliphatic carboxylic acids is 1. The molecule has 0 saturated heterocycles. The van der Waals surface area contributed by atoms with Crippen LogP contribution in [0.5, 0.6) is 0 Å². The molecule has 3 unspecified atom stereocenters. The molecule has 0 aromatic rings. The Hall–Kier alpha value is -0.470. The van der Waals surface area contributed by atoms with Crippen LogP contribution in [0.4, 0.5) is 0 Å². The average Bonchev–Trinajstić information content (AvgIpc) is 2.33. The Morgan fingerprint density at radius 2 is 2.16 bits per heavy atom. The molecule has 0 aromatic carbocycles. The summed E-state index contributed by atoms with van der Waals surface area (Å²) in [5.41, 5.74) is 0. The maximum atomic E-state index is 11.4. The van der Waals surface area contributed by atoms with Gasteiger partial charge in [-0.05, 0) is 24.5 Å². The molecule has 0 radical (unpaired) electrons. The first-order valence-electron chi connectivity index (χ1n) is 6.94. The van der Waals surface area contributed by atoms with Crippen molar-refractivity contribution in [2.75, 3.05) is 0 Å².